The second-order valence-electron chi connectivity index (χ2n) is 3.33. The molecule has 4 nitrogen and oxygen atoms in total. The molecule has 2 rings (SSSR count). The summed E-state index contributed by atoms with van der Waals surface area (Å²) in [4.78, 5) is 12.1. The van der Waals surface area contributed by atoms with Crippen molar-refractivity contribution in [3.63, 3.8) is 0 Å². The lowest BCUT2D eigenvalue weighted by Gasteiger charge is -2.06. The highest BCUT2D eigenvalue weighted by Crippen LogP contribution is 2.09. The molecule has 0 saturated heterocycles. The minimum absolute atomic E-state index is 0.239. The van der Waals surface area contributed by atoms with Crippen LogP contribution in [0.15, 0.2) is 30.6 Å². The Morgan fingerprint density at radius 1 is 1.25 bits per heavy atom. The third-order valence-corrected chi connectivity index (χ3v) is 2.36. The molecular weight excluding hydrogens is 224 g/mol. The predicted octanol–water partition coefficient (Wildman–Crippen LogP) is 2.45. The zero-order valence-electron chi connectivity index (χ0n) is 8.81. The van der Waals surface area contributed by atoms with E-state index in [1.165, 1.54) is 0 Å². The summed E-state index contributed by atoms with van der Waals surface area (Å²) >= 11 is 5.68. The molecule has 16 heavy (non-hydrogen) atoms. The van der Waals surface area contributed by atoms with Gasteiger partial charge >= 0.3 is 0 Å². The van der Waals surface area contributed by atoms with Crippen molar-refractivity contribution < 1.29 is 0 Å². The maximum atomic E-state index is 5.68. The second-order valence-corrected chi connectivity index (χ2v) is 3.67. The van der Waals surface area contributed by atoms with Gasteiger partial charge in [0.15, 0.2) is 0 Å². The fourth-order valence-corrected chi connectivity index (χ4v) is 1.46. The maximum absolute atomic E-state index is 5.68. The Morgan fingerprint density at radius 3 is 2.88 bits per heavy atom. The van der Waals surface area contributed by atoms with E-state index in [0.717, 1.165) is 11.3 Å². The Kier molecular flexibility index (Phi) is 3.31. The van der Waals surface area contributed by atoms with Gasteiger partial charge in [-0.15, -0.1) is 0 Å². The maximum Gasteiger partial charge on any atom is 0.224 e. The fourth-order valence-electron chi connectivity index (χ4n) is 1.31. The largest absolute Gasteiger partial charge is 0.364 e. The first kappa shape index (κ1) is 10.8. The van der Waals surface area contributed by atoms with E-state index in [1.54, 1.807) is 18.5 Å². The summed E-state index contributed by atoms with van der Waals surface area (Å²) in [6, 6.07) is 5.71. The lowest BCUT2D eigenvalue weighted by atomic mass is 10.2. The first-order valence-corrected chi connectivity index (χ1v) is 5.26. The van der Waals surface area contributed by atoms with Crippen LogP contribution >= 0.6 is 11.6 Å². The van der Waals surface area contributed by atoms with E-state index in [1.807, 2.05) is 19.1 Å². The summed E-state index contributed by atoms with van der Waals surface area (Å²) in [7, 11) is 0. The molecule has 1 N–H and O–H groups in total. The Morgan fingerprint density at radius 2 is 2.12 bits per heavy atom. The van der Waals surface area contributed by atoms with E-state index in [4.69, 9.17) is 11.6 Å². The predicted molar refractivity (Wildman–Crippen MR) is 63.3 cm³/mol. The van der Waals surface area contributed by atoms with Crippen LogP contribution in [0.3, 0.4) is 0 Å². The summed E-state index contributed by atoms with van der Waals surface area (Å²) in [6.07, 6.45) is 3.39. The topological polar surface area (TPSA) is 50.7 Å². The van der Waals surface area contributed by atoms with Gasteiger partial charge in [0.1, 0.15) is 5.82 Å². The molecule has 0 aliphatic heterocycles. The third-order valence-electron chi connectivity index (χ3n) is 2.18. The Bertz CT molecular complexity index is 487. The summed E-state index contributed by atoms with van der Waals surface area (Å²) < 4.78 is 0. The van der Waals surface area contributed by atoms with Gasteiger partial charge in [0, 0.05) is 12.4 Å². The Labute approximate surface area is 98.7 Å². The summed E-state index contributed by atoms with van der Waals surface area (Å²) in [5.41, 5.74) is 2.15. The van der Waals surface area contributed by atoms with Gasteiger partial charge in [0.25, 0.3) is 0 Å². The SMILES string of the molecule is Cc1cccnc1CNc1ccnc(Cl)n1. The number of pyridine rings is 1. The molecule has 0 amide bonds. The first-order valence-electron chi connectivity index (χ1n) is 4.88. The van der Waals surface area contributed by atoms with Crippen LogP contribution in [-0.4, -0.2) is 15.0 Å². The molecule has 0 aliphatic carbocycles. The zero-order chi connectivity index (χ0) is 11.4. The van der Waals surface area contributed by atoms with Crippen LogP contribution in [0.2, 0.25) is 5.28 Å². The van der Waals surface area contributed by atoms with Gasteiger partial charge in [-0.05, 0) is 36.2 Å². The number of hydrogen-bond acceptors (Lipinski definition) is 4. The Hall–Kier alpha value is -1.68. The lowest BCUT2D eigenvalue weighted by molar-refractivity contribution is 0.999. The minimum atomic E-state index is 0.239. The molecule has 0 aromatic carbocycles. The van der Waals surface area contributed by atoms with E-state index in [2.05, 4.69) is 20.3 Å². The first-order chi connectivity index (χ1) is 7.75. The lowest BCUT2D eigenvalue weighted by Crippen LogP contribution is -2.05. The van der Waals surface area contributed by atoms with Crippen molar-refractivity contribution in [3.05, 3.63) is 47.1 Å². The number of nitrogens with one attached hydrogen (secondary N) is 1. The molecule has 2 aromatic rings. The van der Waals surface area contributed by atoms with Gasteiger partial charge < -0.3 is 5.32 Å². The van der Waals surface area contributed by atoms with E-state index < -0.39 is 0 Å². The molecule has 2 aromatic heterocycles. The summed E-state index contributed by atoms with van der Waals surface area (Å²) in [6.45, 7) is 2.65. The van der Waals surface area contributed by atoms with Crippen LogP contribution in [-0.2, 0) is 6.54 Å². The van der Waals surface area contributed by atoms with E-state index in [-0.39, 0.29) is 5.28 Å². The van der Waals surface area contributed by atoms with Crippen LogP contribution in [0.4, 0.5) is 5.82 Å². The van der Waals surface area contributed by atoms with Crippen molar-refractivity contribution in [1.82, 2.24) is 15.0 Å². The van der Waals surface area contributed by atoms with Crippen LogP contribution in [0.1, 0.15) is 11.3 Å². The minimum Gasteiger partial charge on any atom is -0.364 e. The molecule has 0 fully saturated rings. The molecule has 0 unspecified atom stereocenters. The van der Waals surface area contributed by atoms with Crippen molar-refractivity contribution >= 4 is 17.4 Å². The number of aryl methyl sites for hydroxylation is 1. The van der Waals surface area contributed by atoms with Crippen LogP contribution in [0.5, 0.6) is 0 Å². The third kappa shape index (κ3) is 2.67. The molecule has 5 heteroatoms. The molecule has 0 radical (unpaired) electrons. The quantitative estimate of drug-likeness (QED) is 0.829. The number of halogens is 1. The standard InChI is InChI=1S/C11H11ClN4/c1-8-3-2-5-13-9(8)7-15-10-4-6-14-11(12)16-10/h2-6H,7H2,1H3,(H,14,15,16). The monoisotopic (exact) mass is 234 g/mol. The normalized spacial score (nSPS) is 10.1. The molecule has 0 atom stereocenters. The van der Waals surface area contributed by atoms with Crippen LogP contribution in [0, 0.1) is 6.92 Å². The molecule has 2 heterocycles. The summed E-state index contributed by atoms with van der Waals surface area (Å²) in [5.74, 6) is 0.699. The summed E-state index contributed by atoms with van der Waals surface area (Å²) in [5, 5.41) is 3.38. The smallest absolute Gasteiger partial charge is 0.224 e. The highest BCUT2D eigenvalue weighted by molar-refractivity contribution is 6.28. The molecule has 82 valence electrons. The molecule has 0 bridgehead atoms. The van der Waals surface area contributed by atoms with Gasteiger partial charge in [0.05, 0.1) is 12.2 Å². The second kappa shape index (κ2) is 4.90. The van der Waals surface area contributed by atoms with E-state index >= 15 is 0 Å². The van der Waals surface area contributed by atoms with Gasteiger partial charge in [-0.1, -0.05) is 6.07 Å². The fraction of sp³-hybridized carbons (Fsp3) is 0.182. The molecule has 0 spiro atoms. The van der Waals surface area contributed by atoms with Gasteiger partial charge in [-0.3, -0.25) is 4.98 Å². The van der Waals surface area contributed by atoms with Crippen molar-refractivity contribution in [3.8, 4) is 0 Å². The molecule has 0 aliphatic rings. The number of anilines is 1. The molecule has 0 saturated carbocycles. The van der Waals surface area contributed by atoms with Crippen molar-refractivity contribution in [2.45, 2.75) is 13.5 Å². The van der Waals surface area contributed by atoms with Crippen molar-refractivity contribution in [2.24, 2.45) is 0 Å². The van der Waals surface area contributed by atoms with Gasteiger partial charge in [-0.25, -0.2) is 9.97 Å². The average Bonchev–Trinajstić information content (AvgIpc) is 2.28. The van der Waals surface area contributed by atoms with E-state index in [9.17, 15) is 0 Å². The van der Waals surface area contributed by atoms with Crippen LogP contribution < -0.4 is 5.32 Å². The molecular formula is C11H11ClN4. The highest BCUT2D eigenvalue weighted by atomic mass is 35.5. The van der Waals surface area contributed by atoms with Gasteiger partial charge in [0.2, 0.25) is 5.28 Å². The van der Waals surface area contributed by atoms with E-state index in [0.29, 0.717) is 12.4 Å². The van der Waals surface area contributed by atoms with Crippen molar-refractivity contribution in [2.75, 3.05) is 5.32 Å². The zero-order valence-corrected chi connectivity index (χ0v) is 9.57. The van der Waals surface area contributed by atoms with Crippen LogP contribution in [0.25, 0.3) is 0 Å². The number of nitrogens with zero attached hydrogens (tertiary/aromatic N) is 3. The number of aromatic nitrogens is 3. The van der Waals surface area contributed by atoms with Crippen molar-refractivity contribution in [1.29, 1.82) is 0 Å². The average molecular weight is 235 g/mol. The number of hydrogen-bond donors (Lipinski definition) is 1. The Balaban J connectivity index is 2.05. The number of rotatable bonds is 3. The van der Waals surface area contributed by atoms with Gasteiger partial charge in [-0.2, -0.15) is 0 Å². The highest BCUT2D eigenvalue weighted by Gasteiger charge is 2.00.